The molecule has 0 aromatic rings. The highest BCUT2D eigenvalue weighted by atomic mass is 79.9. The van der Waals surface area contributed by atoms with Crippen LogP contribution in [0.25, 0.3) is 0 Å². The Balaban J connectivity index is 3.83. The van der Waals surface area contributed by atoms with Gasteiger partial charge in [0.05, 0.1) is 0 Å². The minimum atomic E-state index is 0.545. The second-order valence-electron chi connectivity index (χ2n) is 4.38. The van der Waals surface area contributed by atoms with E-state index in [0.29, 0.717) is 24.1 Å². The molecule has 0 aromatic carbocycles. The van der Waals surface area contributed by atoms with E-state index in [1.54, 1.807) is 0 Å². The van der Waals surface area contributed by atoms with Crippen molar-refractivity contribution in [2.45, 2.75) is 63.2 Å². The lowest BCUT2D eigenvalue weighted by molar-refractivity contribution is 0.615. The van der Waals surface area contributed by atoms with Crippen molar-refractivity contribution in [1.82, 2.24) is 0 Å². The molecule has 0 N–H and O–H groups in total. The van der Waals surface area contributed by atoms with Gasteiger partial charge in [0.2, 0.25) is 0 Å². The molecular formula is C12H20Br6. The number of hydrogen-bond acceptors (Lipinski definition) is 0. The molecule has 0 heterocycles. The second kappa shape index (κ2) is 12.4. The summed E-state index contributed by atoms with van der Waals surface area (Å²) >= 11 is 22.2. The fourth-order valence-electron chi connectivity index (χ4n) is 1.53. The predicted octanol–water partition coefficient (Wildman–Crippen LogP) is 7.17. The summed E-state index contributed by atoms with van der Waals surface area (Å²) in [5.74, 6) is 0. The van der Waals surface area contributed by atoms with Crippen LogP contribution < -0.4 is 0 Å². The summed E-state index contributed by atoms with van der Waals surface area (Å²) in [5, 5.41) is 1.02. The normalized spacial score (nSPS) is 20.2. The maximum absolute atomic E-state index is 3.80. The number of alkyl halides is 6. The highest BCUT2D eigenvalue weighted by Crippen LogP contribution is 2.29. The van der Waals surface area contributed by atoms with Crippen LogP contribution in [0.15, 0.2) is 0 Å². The van der Waals surface area contributed by atoms with Crippen molar-refractivity contribution in [2.75, 3.05) is 5.33 Å². The zero-order valence-electron chi connectivity index (χ0n) is 10.4. The predicted molar refractivity (Wildman–Crippen MR) is 106 cm³/mol. The van der Waals surface area contributed by atoms with Gasteiger partial charge in [-0.05, 0) is 32.1 Å². The molecule has 0 aliphatic rings. The molecule has 0 bridgehead atoms. The topological polar surface area (TPSA) is 0 Å². The molecule has 110 valence electrons. The van der Waals surface area contributed by atoms with E-state index in [1.165, 1.54) is 25.7 Å². The Labute approximate surface area is 162 Å². The average Bonchev–Trinajstić information content (AvgIpc) is 2.39. The zero-order valence-corrected chi connectivity index (χ0v) is 19.9. The highest BCUT2D eigenvalue weighted by Gasteiger charge is 2.20. The molecule has 0 fully saturated rings. The minimum Gasteiger partial charge on any atom is -0.0916 e. The summed E-state index contributed by atoms with van der Waals surface area (Å²) in [5.41, 5.74) is 0. The van der Waals surface area contributed by atoms with Gasteiger partial charge < -0.3 is 0 Å². The molecule has 0 spiro atoms. The van der Waals surface area contributed by atoms with Crippen molar-refractivity contribution in [2.24, 2.45) is 0 Å². The smallest absolute Gasteiger partial charge is 0.0271 e. The van der Waals surface area contributed by atoms with E-state index in [-0.39, 0.29) is 0 Å². The molecule has 18 heavy (non-hydrogen) atoms. The van der Waals surface area contributed by atoms with Crippen LogP contribution in [0.4, 0.5) is 0 Å². The number of rotatable bonds is 10. The van der Waals surface area contributed by atoms with Gasteiger partial charge in [0.15, 0.2) is 0 Å². The van der Waals surface area contributed by atoms with Crippen molar-refractivity contribution in [3.63, 3.8) is 0 Å². The fourth-order valence-corrected chi connectivity index (χ4v) is 4.08. The molecule has 5 atom stereocenters. The number of halogens is 6. The number of hydrogen-bond donors (Lipinski definition) is 0. The third kappa shape index (κ3) is 9.75. The lowest BCUT2D eigenvalue weighted by Gasteiger charge is -2.21. The van der Waals surface area contributed by atoms with Crippen LogP contribution in [0.2, 0.25) is 0 Å². The van der Waals surface area contributed by atoms with E-state index in [0.717, 1.165) is 11.8 Å². The van der Waals surface area contributed by atoms with E-state index < -0.39 is 0 Å². The van der Waals surface area contributed by atoms with Gasteiger partial charge in [-0.1, -0.05) is 103 Å². The van der Waals surface area contributed by atoms with Crippen LogP contribution in [0.1, 0.15) is 39.0 Å². The summed E-state index contributed by atoms with van der Waals surface area (Å²) in [4.78, 5) is 2.81. The van der Waals surface area contributed by atoms with Crippen LogP contribution in [-0.4, -0.2) is 29.5 Å². The molecule has 0 saturated carbocycles. The molecule has 0 aliphatic heterocycles. The van der Waals surface area contributed by atoms with Crippen molar-refractivity contribution in [3.05, 3.63) is 0 Å². The van der Waals surface area contributed by atoms with Gasteiger partial charge in [-0.2, -0.15) is 0 Å². The Morgan fingerprint density at radius 1 is 0.667 bits per heavy atom. The third-order valence-corrected chi connectivity index (χ3v) is 11.2. The molecule has 0 radical (unpaired) electrons. The lowest BCUT2D eigenvalue weighted by atomic mass is 10.1. The molecule has 0 rings (SSSR count). The maximum Gasteiger partial charge on any atom is 0.0271 e. The van der Waals surface area contributed by atoms with Gasteiger partial charge in [0.25, 0.3) is 0 Å². The molecule has 0 saturated heterocycles. The first-order chi connectivity index (χ1) is 8.42. The minimum absolute atomic E-state index is 0.545. The first-order valence-electron chi connectivity index (χ1n) is 6.18. The summed E-state index contributed by atoms with van der Waals surface area (Å²) in [6, 6.07) is 0. The van der Waals surface area contributed by atoms with E-state index in [4.69, 9.17) is 0 Å². The van der Waals surface area contributed by atoms with Crippen molar-refractivity contribution in [3.8, 4) is 0 Å². The van der Waals surface area contributed by atoms with Crippen LogP contribution in [0.5, 0.6) is 0 Å². The molecule has 0 aliphatic carbocycles. The van der Waals surface area contributed by atoms with Crippen LogP contribution in [0, 0.1) is 0 Å². The summed E-state index contributed by atoms with van der Waals surface area (Å²) in [6.07, 6.45) is 5.93. The van der Waals surface area contributed by atoms with Gasteiger partial charge in [-0.3, -0.25) is 0 Å². The van der Waals surface area contributed by atoms with E-state index in [9.17, 15) is 0 Å². The van der Waals surface area contributed by atoms with Crippen molar-refractivity contribution in [1.29, 1.82) is 0 Å². The van der Waals surface area contributed by atoms with Gasteiger partial charge in [0.1, 0.15) is 0 Å². The van der Waals surface area contributed by atoms with Crippen LogP contribution in [-0.2, 0) is 0 Å². The Kier molecular flexibility index (Phi) is 14.4. The lowest BCUT2D eigenvalue weighted by Crippen LogP contribution is -2.20. The molecule has 0 aromatic heterocycles. The Morgan fingerprint density at radius 3 is 1.44 bits per heavy atom. The molecule has 6 heteroatoms. The maximum atomic E-state index is 3.80. The summed E-state index contributed by atoms with van der Waals surface area (Å²) < 4.78 is 0. The van der Waals surface area contributed by atoms with Crippen molar-refractivity contribution >= 4 is 95.6 Å². The quantitative estimate of drug-likeness (QED) is 0.222. The average molecular weight is 644 g/mol. The Morgan fingerprint density at radius 2 is 1.06 bits per heavy atom. The fraction of sp³-hybridized carbons (Fsp3) is 1.00. The summed E-state index contributed by atoms with van der Waals surface area (Å²) in [6.45, 7) is 2.21. The second-order valence-corrected chi connectivity index (χ2v) is 11.0. The largest absolute Gasteiger partial charge is 0.0916 e. The van der Waals surface area contributed by atoms with E-state index >= 15 is 0 Å². The highest BCUT2D eigenvalue weighted by molar-refractivity contribution is 9.13. The van der Waals surface area contributed by atoms with E-state index in [2.05, 4.69) is 103 Å². The molecule has 0 amide bonds. The standard InChI is InChI=1S/C12H20Br6/c1-2-9(15)10(16)5-6-12(18)11(17)4-3-8(14)7-13/h8-12H,2-7H2,1H3. The summed E-state index contributed by atoms with van der Waals surface area (Å²) in [7, 11) is 0. The third-order valence-electron chi connectivity index (χ3n) is 2.82. The SMILES string of the molecule is CCC(Br)C(Br)CCC(Br)C(Br)CCC(Br)CBr. The van der Waals surface area contributed by atoms with Crippen LogP contribution in [0.3, 0.4) is 0 Å². The monoisotopic (exact) mass is 638 g/mol. The first-order valence-corrected chi connectivity index (χ1v) is 11.9. The molecule has 0 nitrogen and oxygen atoms in total. The van der Waals surface area contributed by atoms with Gasteiger partial charge in [-0.15, -0.1) is 0 Å². The molecule has 5 unspecified atom stereocenters. The Hall–Kier alpha value is 2.88. The van der Waals surface area contributed by atoms with Gasteiger partial charge in [-0.25, -0.2) is 0 Å². The van der Waals surface area contributed by atoms with Gasteiger partial charge in [0, 0.05) is 29.5 Å². The van der Waals surface area contributed by atoms with Gasteiger partial charge >= 0.3 is 0 Å². The Bertz CT molecular complexity index is 201. The zero-order chi connectivity index (χ0) is 14.1. The first kappa shape index (κ1) is 20.9. The molecular weight excluding hydrogens is 624 g/mol. The van der Waals surface area contributed by atoms with E-state index in [1.807, 2.05) is 0 Å². The van der Waals surface area contributed by atoms with Crippen molar-refractivity contribution < 1.29 is 0 Å². The van der Waals surface area contributed by atoms with Crippen LogP contribution >= 0.6 is 95.6 Å².